The molecule has 3 N–H and O–H groups in total. The number of carbonyl (C=O) groups is 1. The summed E-state index contributed by atoms with van der Waals surface area (Å²) in [6.45, 7) is 4.15. The Labute approximate surface area is 119 Å². The van der Waals surface area contributed by atoms with E-state index in [0.29, 0.717) is 13.0 Å². The second-order valence-electron chi connectivity index (χ2n) is 4.64. The van der Waals surface area contributed by atoms with Crippen molar-refractivity contribution < 1.29 is 9.53 Å². The Morgan fingerprint density at radius 2 is 2.21 bits per heavy atom. The molecule has 0 aliphatic rings. The van der Waals surface area contributed by atoms with Crippen molar-refractivity contribution in [2.24, 2.45) is 11.1 Å². The molecule has 0 bridgehead atoms. The lowest BCUT2D eigenvalue weighted by molar-refractivity contribution is -0.121. The van der Waals surface area contributed by atoms with Crippen molar-refractivity contribution in [2.75, 3.05) is 12.4 Å². The fourth-order valence-corrected chi connectivity index (χ4v) is 1.86. The summed E-state index contributed by atoms with van der Waals surface area (Å²) in [5.74, 6) is -0.183. The molecule has 1 amide bonds. The van der Waals surface area contributed by atoms with E-state index < -0.39 is 5.41 Å². The molecule has 1 unspecified atom stereocenters. The van der Waals surface area contributed by atoms with Crippen LogP contribution in [0.5, 0.6) is 0 Å². The lowest BCUT2D eigenvalue weighted by atomic mass is 9.86. The number of ether oxygens (including phenoxy) is 1. The normalized spacial score (nSPS) is 13.6. The summed E-state index contributed by atoms with van der Waals surface area (Å²) in [7, 11) is 1.63. The lowest BCUT2D eigenvalue weighted by Crippen LogP contribution is -2.43. The number of thiocarbonyl (C=S) groups is 1. The molecule has 5 heteroatoms. The molecule has 1 atom stereocenters. The first-order valence-electron chi connectivity index (χ1n) is 6.13. The van der Waals surface area contributed by atoms with Gasteiger partial charge in [-0.15, -0.1) is 0 Å². The number of nitrogens with one attached hydrogen (secondary N) is 1. The fraction of sp³-hybridized carbons (Fsp3) is 0.429. The Balaban J connectivity index is 2.87. The zero-order valence-electron chi connectivity index (χ0n) is 11.5. The van der Waals surface area contributed by atoms with Crippen LogP contribution in [0.15, 0.2) is 24.3 Å². The highest BCUT2D eigenvalue weighted by atomic mass is 32.1. The minimum Gasteiger partial charge on any atom is -0.392 e. The van der Waals surface area contributed by atoms with Gasteiger partial charge in [0.25, 0.3) is 0 Å². The van der Waals surface area contributed by atoms with E-state index in [1.807, 2.05) is 31.2 Å². The van der Waals surface area contributed by atoms with E-state index in [0.717, 1.165) is 11.3 Å². The maximum Gasteiger partial charge on any atom is 0.237 e. The number of anilines is 1. The van der Waals surface area contributed by atoms with E-state index in [1.165, 1.54) is 0 Å². The first-order chi connectivity index (χ1) is 8.93. The number of hydrogen-bond donors (Lipinski definition) is 2. The van der Waals surface area contributed by atoms with Crippen LogP contribution in [-0.2, 0) is 16.1 Å². The molecule has 0 aliphatic carbocycles. The number of hydrogen-bond acceptors (Lipinski definition) is 3. The predicted molar refractivity (Wildman–Crippen MR) is 81.0 cm³/mol. The van der Waals surface area contributed by atoms with Gasteiger partial charge in [0, 0.05) is 12.8 Å². The van der Waals surface area contributed by atoms with Crippen molar-refractivity contribution in [3.63, 3.8) is 0 Å². The highest BCUT2D eigenvalue weighted by Gasteiger charge is 2.34. The van der Waals surface area contributed by atoms with E-state index in [1.54, 1.807) is 14.0 Å². The minimum atomic E-state index is -0.827. The molecule has 0 aliphatic heterocycles. The van der Waals surface area contributed by atoms with Crippen LogP contribution in [0.25, 0.3) is 0 Å². The van der Waals surface area contributed by atoms with Crippen LogP contribution in [0.3, 0.4) is 0 Å². The van der Waals surface area contributed by atoms with Gasteiger partial charge in [0.1, 0.15) is 0 Å². The molecule has 0 aromatic heterocycles. The van der Waals surface area contributed by atoms with E-state index >= 15 is 0 Å². The van der Waals surface area contributed by atoms with Crippen LogP contribution < -0.4 is 11.1 Å². The number of rotatable bonds is 6. The van der Waals surface area contributed by atoms with Crippen LogP contribution in [0, 0.1) is 5.41 Å². The Bertz CT molecular complexity index is 476. The van der Waals surface area contributed by atoms with Gasteiger partial charge in [-0.1, -0.05) is 31.3 Å². The number of carbonyl (C=O) groups excluding carboxylic acids is 1. The summed E-state index contributed by atoms with van der Waals surface area (Å²) >= 11 is 4.99. The van der Waals surface area contributed by atoms with Crippen molar-refractivity contribution in [1.29, 1.82) is 0 Å². The molecule has 1 aromatic carbocycles. The Kier molecular flexibility index (Phi) is 5.44. The molecule has 0 radical (unpaired) electrons. The molecule has 0 spiro atoms. The first-order valence-corrected chi connectivity index (χ1v) is 6.54. The van der Waals surface area contributed by atoms with Crippen molar-refractivity contribution >= 4 is 28.8 Å². The predicted octanol–water partition coefficient (Wildman–Crippen LogP) is 2.47. The maximum atomic E-state index is 12.3. The van der Waals surface area contributed by atoms with Gasteiger partial charge in [-0.25, -0.2) is 0 Å². The van der Waals surface area contributed by atoms with Gasteiger partial charge in [-0.05, 0) is 31.0 Å². The highest BCUT2D eigenvalue weighted by Crippen LogP contribution is 2.24. The summed E-state index contributed by atoms with van der Waals surface area (Å²) in [5, 5.41) is 2.85. The second-order valence-corrected chi connectivity index (χ2v) is 5.08. The number of amides is 1. The van der Waals surface area contributed by atoms with Gasteiger partial charge in [0.15, 0.2) is 0 Å². The third-order valence-corrected chi connectivity index (χ3v) is 3.70. The Morgan fingerprint density at radius 3 is 2.74 bits per heavy atom. The number of benzene rings is 1. The second kappa shape index (κ2) is 6.63. The third kappa shape index (κ3) is 3.75. The minimum absolute atomic E-state index is 0.183. The monoisotopic (exact) mass is 280 g/mol. The molecule has 4 nitrogen and oxygen atoms in total. The largest absolute Gasteiger partial charge is 0.392 e. The molecule has 0 heterocycles. The Hall–Kier alpha value is -1.46. The van der Waals surface area contributed by atoms with Gasteiger partial charge < -0.3 is 15.8 Å². The SMILES string of the molecule is CCC(C)(C(=O)Nc1cccc(COC)c1)C(N)=S. The summed E-state index contributed by atoms with van der Waals surface area (Å²) in [4.78, 5) is 12.5. The van der Waals surface area contributed by atoms with Gasteiger partial charge >= 0.3 is 0 Å². The van der Waals surface area contributed by atoms with Crippen molar-refractivity contribution in [1.82, 2.24) is 0 Å². The molecule has 0 fully saturated rings. The standard InChI is InChI=1S/C14H20N2O2S/c1-4-14(2,12(15)19)13(17)16-11-7-5-6-10(8-11)9-18-3/h5-8H,4,9H2,1-3H3,(H2,15,19)(H,16,17). The molecule has 0 saturated carbocycles. The molecular formula is C14H20N2O2S. The zero-order valence-corrected chi connectivity index (χ0v) is 12.3. The topological polar surface area (TPSA) is 64.3 Å². The van der Waals surface area contributed by atoms with Crippen LogP contribution in [0.1, 0.15) is 25.8 Å². The smallest absolute Gasteiger partial charge is 0.237 e. The molecule has 1 aromatic rings. The average molecular weight is 280 g/mol. The molecule has 104 valence electrons. The summed E-state index contributed by atoms with van der Waals surface area (Å²) in [5.41, 5.74) is 6.55. The van der Waals surface area contributed by atoms with Gasteiger partial charge in [0.2, 0.25) is 5.91 Å². The van der Waals surface area contributed by atoms with Gasteiger partial charge in [-0.3, -0.25) is 4.79 Å². The molecule has 19 heavy (non-hydrogen) atoms. The van der Waals surface area contributed by atoms with Crippen LogP contribution in [0.2, 0.25) is 0 Å². The quantitative estimate of drug-likeness (QED) is 0.786. The van der Waals surface area contributed by atoms with E-state index in [2.05, 4.69) is 5.32 Å². The fourth-order valence-electron chi connectivity index (χ4n) is 1.62. The van der Waals surface area contributed by atoms with E-state index in [4.69, 9.17) is 22.7 Å². The van der Waals surface area contributed by atoms with Crippen molar-refractivity contribution in [3.8, 4) is 0 Å². The third-order valence-electron chi connectivity index (χ3n) is 3.25. The molecule has 1 rings (SSSR count). The summed E-state index contributed by atoms with van der Waals surface area (Å²) in [6.07, 6.45) is 0.561. The average Bonchev–Trinajstić information content (AvgIpc) is 2.38. The van der Waals surface area contributed by atoms with Crippen molar-refractivity contribution in [3.05, 3.63) is 29.8 Å². The molecular weight excluding hydrogens is 260 g/mol. The summed E-state index contributed by atoms with van der Waals surface area (Å²) in [6, 6.07) is 7.50. The van der Waals surface area contributed by atoms with E-state index in [-0.39, 0.29) is 10.9 Å². The number of nitrogens with two attached hydrogens (primary N) is 1. The summed E-state index contributed by atoms with van der Waals surface area (Å²) < 4.78 is 5.06. The van der Waals surface area contributed by atoms with Crippen LogP contribution in [-0.4, -0.2) is 18.0 Å². The maximum absolute atomic E-state index is 12.3. The number of methoxy groups -OCH3 is 1. The van der Waals surface area contributed by atoms with E-state index in [9.17, 15) is 4.79 Å². The van der Waals surface area contributed by atoms with Crippen LogP contribution >= 0.6 is 12.2 Å². The molecule has 0 saturated heterocycles. The lowest BCUT2D eigenvalue weighted by Gasteiger charge is -2.25. The zero-order chi connectivity index (χ0) is 14.5. The van der Waals surface area contributed by atoms with Crippen molar-refractivity contribution in [2.45, 2.75) is 26.9 Å². The van der Waals surface area contributed by atoms with Gasteiger partial charge in [0.05, 0.1) is 17.0 Å². The van der Waals surface area contributed by atoms with Crippen LogP contribution in [0.4, 0.5) is 5.69 Å². The van der Waals surface area contributed by atoms with Gasteiger partial charge in [-0.2, -0.15) is 0 Å². The Morgan fingerprint density at radius 1 is 1.53 bits per heavy atom. The highest BCUT2D eigenvalue weighted by molar-refractivity contribution is 7.80. The first kappa shape index (κ1) is 15.6.